The Morgan fingerprint density at radius 2 is 1.83 bits per heavy atom. The minimum absolute atomic E-state index is 0.307. The van der Waals surface area contributed by atoms with Gasteiger partial charge in [-0.2, -0.15) is 0 Å². The lowest BCUT2D eigenvalue weighted by atomic mass is 9.93. The Kier molecular flexibility index (Phi) is 3.13. The zero-order valence-electron chi connectivity index (χ0n) is 10.3. The number of benzene rings is 2. The molecule has 1 nitrogen and oxygen atoms in total. The van der Waals surface area contributed by atoms with Crippen LogP contribution < -0.4 is 4.74 Å². The van der Waals surface area contributed by atoms with Crippen LogP contribution in [0.1, 0.15) is 27.4 Å². The quantitative estimate of drug-likeness (QED) is 0.736. The second-order valence-electron chi connectivity index (χ2n) is 4.77. The van der Waals surface area contributed by atoms with Crippen LogP contribution in [0.4, 0.5) is 0 Å². The summed E-state index contributed by atoms with van der Waals surface area (Å²) in [5.74, 6) is 1.42. The molecular weight excluding hydrogens is 288 g/mol. The highest BCUT2D eigenvalue weighted by Gasteiger charge is 2.30. The molecule has 3 rings (SSSR count). The minimum atomic E-state index is 0.307. The van der Waals surface area contributed by atoms with E-state index in [-0.39, 0.29) is 0 Å². The van der Waals surface area contributed by atoms with E-state index in [1.54, 1.807) is 0 Å². The number of aryl methyl sites for hydroxylation is 1. The standard InChI is InChI=1S/C16H15BrO/c1-11-6-8-12(9-7-11)16(17)14-10-18-15-5-3-2-4-13(14)15/h2-9,14,16H,10H2,1H3. The Labute approximate surface area is 116 Å². The smallest absolute Gasteiger partial charge is 0.122 e. The lowest BCUT2D eigenvalue weighted by Crippen LogP contribution is -2.07. The van der Waals surface area contributed by atoms with Crippen molar-refractivity contribution in [3.63, 3.8) is 0 Å². The fraction of sp³-hybridized carbons (Fsp3) is 0.250. The van der Waals surface area contributed by atoms with Crippen molar-refractivity contribution < 1.29 is 4.74 Å². The molecule has 18 heavy (non-hydrogen) atoms. The molecule has 2 aromatic rings. The molecule has 0 N–H and O–H groups in total. The normalized spacial score (nSPS) is 19.1. The molecule has 0 aliphatic carbocycles. The molecule has 0 radical (unpaired) electrons. The lowest BCUT2D eigenvalue weighted by molar-refractivity contribution is 0.329. The largest absolute Gasteiger partial charge is 0.493 e. The Hall–Kier alpha value is -1.28. The van der Waals surface area contributed by atoms with Gasteiger partial charge in [0.2, 0.25) is 0 Å². The molecule has 0 bridgehead atoms. The second kappa shape index (κ2) is 4.77. The molecular formula is C16H15BrO. The summed E-state index contributed by atoms with van der Waals surface area (Å²) in [6, 6.07) is 17.0. The number of hydrogen-bond acceptors (Lipinski definition) is 1. The van der Waals surface area contributed by atoms with Gasteiger partial charge in [0.15, 0.2) is 0 Å². The molecule has 0 saturated heterocycles. The van der Waals surface area contributed by atoms with Crippen molar-refractivity contribution in [3.8, 4) is 5.75 Å². The van der Waals surface area contributed by atoms with E-state index in [0.717, 1.165) is 12.4 Å². The third-order valence-electron chi connectivity index (χ3n) is 3.49. The lowest BCUT2D eigenvalue weighted by Gasteiger charge is -2.17. The zero-order valence-corrected chi connectivity index (χ0v) is 11.9. The Balaban J connectivity index is 1.90. The first-order chi connectivity index (χ1) is 8.75. The van der Waals surface area contributed by atoms with Crippen molar-refractivity contribution in [3.05, 3.63) is 65.2 Å². The van der Waals surface area contributed by atoms with Crippen LogP contribution in [0.2, 0.25) is 0 Å². The maximum absolute atomic E-state index is 5.75. The van der Waals surface area contributed by atoms with Crippen molar-refractivity contribution in [2.45, 2.75) is 17.7 Å². The monoisotopic (exact) mass is 302 g/mol. The molecule has 2 unspecified atom stereocenters. The van der Waals surface area contributed by atoms with E-state index < -0.39 is 0 Å². The van der Waals surface area contributed by atoms with Gasteiger partial charge in [0.05, 0.1) is 6.61 Å². The summed E-state index contributed by atoms with van der Waals surface area (Å²) in [5.41, 5.74) is 3.91. The van der Waals surface area contributed by atoms with Gasteiger partial charge in [0.25, 0.3) is 0 Å². The predicted molar refractivity (Wildman–Crippen MR) is 77.5 cm³/mol. The highest BCUT2D eigenvalue weighted by atomic mass is 79.9. The summed E-state index contributed by atoms with van der Waals surface area (Å²) in [7, 11) is 0. The average molecular weight is 303 g/mol. The fourth-order valence-electron chi connectivity index (χ4n) is 2.41. The van der Waals surface area contributed by atoms with E-state index in [0.29, 0.717) is 10.7 Å². The first kappa shape index (κ1) is 11.8. The number of halogens is 1. The molecule has 1 heterocycles. The summed E-state index contributed by atoms with van der Waals surface area (Å²) < 4.78 is 5.75. The van der Waals surface area contributed by atoms with Crippen LogP contribution in [-0.4, -0.2) is 6.61 Å². The average Bonchev–Trinajstić information content (AvgIpc) is 2.82. The van der Waals surface area contributed by atoms with E-state index >= 15 is 0 Å². The summed E-state index contributed by atoms with van der Waals surface area (Å²) >= 11 is 3.83. The van der Waals surface area contributed by atoms with Gasteiger partial charge in [-0.05, 0) is 18.6 Å². The van der Waals surface area contributed by atoms with Crippen molar-refractivity contribution in [2.75, 3.05) is 6.61 Å². The molecule has 0 amide bonds. The molecule has 2 aromatic carbocycles. The van der Waals surface area contributed by atoms with Crippen LogP contribution in [0, 0.1) is 6.92 Å². The molecule has 2 atom stereocenters. The van der Waals surface area contributed by atoms with Crippen LogP contribution in [0.5, 0.6) is 5.75 Å². The van der Waals surface area contributed by atoms with E-state index in [2.05, 4.69) is 59.3 Å². The molecule has 1 aliphatic rings. The molecule has 0 aromatic heterocycles. The van der Waals surface area contributed by atoms with Crippen molar-refractivity contribution in [2.24, 2.45) is 0 Å². The van der Waals surface area contributed by atoms with Crippen molar-refractivity contribution >= 4 is 15.9 Å². The van der Waals surface area contributed by atoms with Crippen molar-refractivity contribution in [1.82, 2.24) is 0 Å². The van der Waals surface area contributed by atoms with Gasteiger partial charge in [-0.3, -0.25) is 0 Å². The van der Waals surface area contributed by atoms with Crippen LogP contribution in [0.3, 0.4) is 0 Å². The maximum Gasteiger partial charge on any atom is 0.122 e. The van der Waals surface area contributed by atoms with Crippen LogP contribution in [-0.2, 0) is 0 Å². The fourth-order valence-corrected chi connectivity index (χ4v) is 3.15. The van der Waals surface area contributed by atoms with Crippen molar-refractivity contribution in [1.29, 1.82) is 0 Å². The molecule has 1 aliphatic heterocycles. The highest BCUT2D eigenvalue weighted by molar-refractivity contribution is 9.09. The van der Waals surface area contributed by atoms with Gasteiger partial charge in [-0.1, -0.05) is 64.0 Å². The topological polar surface area (TPSA) is 9.23 Å². The van der Waals surface area contributed by atoms with E-state index in [9.17, 15) is 0 Å². The summed E-state index contributed by atoms with van der Waals surface area (Å²) in [5, 5.41) is 0. The summed E-state index contributed by atoms with van der Waals surface area (Å²) in [6.45, 7) is 2.87. The van der Waals surface area contributed by atoms with Gasteiger partial charge in [0, 0.05) is 16.3 Å². The zero-order chi connectivity index (χ0) is 12.5. The number of ether oxygens (including phenoxy) is 1. The third-order valence-corrected chi connectivity index (χ3v) is 4.65. The first-order valence-electron chi connectivity index (χ1n) is 6.18. The van der Waals surface area contributed by atoms with Gasteiger partial charge in [-0.15, -0.1) is 0 Å². The van der Waals surface area contributed by atoms with E-state index in [1.807, 2.05) is 12.1 Å². The number of fused-ring (bicyclic) bond motifs is 1. The van der Waals surface area contributed by atoms with Gasteiger partial charge in [0.1, 0.15) is 5.75 Å². The second-order valence-corrected chi connectivity index (χ2v) is 5.75. The summed E-state index contributed by atoms with van der Waals surface area (Å²) in [4.78, 5) is 0.307. The number of hydrogen-bond donors (Lipinski definition) is 0. The Bertz CT molecular complexity index is 547. The predicted octanol–water partition coefficient (Wildman–Crippen LogP) is 4.61. The Morgan fingerprint density at radius 1 is 1.11 bits per heavy atom. The van der Waals surface area contributed by atoms with Gasteiger partial charge >= 0.3 is 0 Å². The molecule has 0 saturated carbocycles. The van der Waals surface area contributed by atoms with Crippen LogP contribution >= 0.6 is 15.9 Å². The maximum atomic E-state index is 5.75. The van der Waals surface area contributed by atoms with Crippen LogP contribution in [0.25, 0.3) is 0 Å². The van der Waals surface area contributed by atoms with E-state index in [4.69, 9.17) is 4.74 Å². The number of alkyl halides is 1. The number of rotatable bonds is 2. The third kappa shape index (κ3) is 2.05. The van der Waals surface area contributed by atoms with Gasteiger partial charge < -0.3 is 4.74 Å². The van der Waals surface area contributed by atoms with Gasteiger partial charge in [-0.25, -0.2) is 0 Å². The summed E-state index contributed by atoms with van der Waals surface area (Å²) in [6.07, 6.45) is 0. The number of para-hydroxylation sites is 1. The molecule has 0 fully saturated rings. The molecule has 92 valence electrons. The molecule has 2 heteroatoms. The SMILES string of the molecule is Cc1ccc(C(Br)C2COc3ccccc32)cc1. The highest BCUT2D eigenvalue weighted by Crippen LogP contribution is 2.45. The minimum Gasteiger partial charge on any atom is -0.493 e. The van der Waals surface area contributed by atoms with E-state index in [1.165, 1.54) is 16.7 Å². The molecule has 0 spiro atoms. The first-order valence-corrected chi connectivity index (χ1v) is 7.09. The van der Waals surface area contributed by atoms with Crippen LogP contribution in [0.15, 0.2) is 48.5 Å². The Morgan fingerprint density at radius 3 is 2.61 bits per heavy atom.